The van der Waals surface area contributed by atoms with Crippen molar-refractivity contribution in [2.75, 3.05) is 30.9 Å². The van der Waals surface area contributed by atoms with Gasteiger partial charge in [-0.05, 0) is 55.8 Å². The molecule has 1 saturated heterocycles. The average Bonchev–Trinajstić information content (AvgIpc) is 3.74. The van der Waals surface area contributed by atoms with Crippen molar-refractivity contribution in [1.29, 1.82) is 0 Å². The zero-order valence-corrected chi connectivity index (χ0v) is 30.9. The number of anilines is 1. The third kappa shape index (κ3) is 8.12. The number of oxazole rings is 1. The summed E-state index contributed by atoms with van der Waals surface area (Å²) in [6.45, 7) is 0.259. The molecule has 2 aliphatic heterocycles. The van der Waals surface area contributed by atoms with E-state index >= 15 is 0 Å². The van der Waals surface area contributed by atoms with Crippen LogP contribution in [0.15, 0.2) is 42.1 Å². The number of benzene rings is 1. The van der Waals surface area contributed by atoms with Crippen LogP contribution in [0, 0.1) is 17.0 Å². The second-order valence-electron chi connectivity index (χ2n) is 11.3. The van der Waals surface area contributed by atoms with Crippen molar-refractivity contribution in [3.05, 3.63) is 69.7 Å². The lowest BCUT2D eigenvalue weighted by atomic mass is 10.1. The van der Waals surface area contributed by atoms with Gasteiger partial charge in [-0.2, -0.15) is 0 Å². The Morgan fingerprint density at radius 1 is 0.943 bits per heavy atom. The van der Waals surface area contributed by atoms with Crippen LogP contribution in [0.3, 0.4) is 0 Å². The number of carboxylic acid groups (broad SMARTS) is 3. The number of aromatic nitrogens is 2. The molecule has 0 spiro atoms. The number of methoxy groups -OCH3 is 1. The van der Waals surface area contributed by atoms with Gasteiger partial charge in [0.15, 0.2) is 9.95 Å². The van der Waals surface area contributed by atoms with Crippen LogP contribution in [-0.2, 0) is 42.4 Å². The topological polar surface area (TPSA) is 276 Å². The molecule has 3 aromatic rings. The minimum absolute atomic E-state index is 0.0492. The molecule has 2 amide bonds. The van der Waals surface area contributed by atoms with Gasteiger partial charge in [-0.3, -0.25) is 47.6 Å². The monoisotopic (exact) mass is 811 g/mol. The van der Waals surface area contributed by atoms with Gasteiger partial charge in [0, 0.05) is 22.8 Å². The van der Waals surface area contributed by atoms with Gasteiger partial charge in [-0.15, -0.1) is 11.3 Å². The maximum absolute atomic E-state index is 13.8. The molecule has 1 aromatic carbocycles. The summed E-state index contributed by atoms with van der Waals surface area (Å²) in [4.78, 5) is 90.2. The number of ether oxygens (including phenoxy) is 1. The normalized spacial score (nSPS) is 17.5. The fourth-order valence-electron chi connectivity index (χ4n) is 5.34. The molecule has 2 aliphatic rings. The van der Waals surface area contributed by atoms with Crippen LogP contribution in [0.1, 0.15) is 18.9 Å². The van der Waals surface area contributed by atoms with E-state index in [2.05, 4.69) is 0 Å². The first-order chi connectivity index (χ1) is 24.8. The second kappa shape index (κ2) is 15.1. The van der Waals surface area contributed by atoms with Crippen molar-refractivity contribution in [2.45, 2.75) is 38.3 Å². The average molecular weight is 812 g/mol. The summed E-state index contributed by atoms with van der Waals surface area (Å²) in [5.74, 6) is -5.77. The number of aliphatic carboxylic acids is 3. The minimum atomic E-state index is -4.53. The zero-order chi connectivity index (χ0) is 39.1. The van der Waals surface area contributed by atoms with Gasteiger partial charge in [0.2, 0.25) is 5.55 Å². The molecule has 0 unspecified atom stereocenters. The summed E-state index contributed by atoms with van der Waals surface area (Å²) in [7, 11) is -3.04. The first-order valence-corrected chi connectivity index (χ1v) is 19.0. The van der Waals surface area contributed by atoms with Crippen LogP contribution >= 0.6 is 34.9 Å². The predicted octanol–water partition coefficient (Wildman–Crippen LogP) is -0.114. The van der Waals surface area contributed by atoms with E-state index < -0.39 is 96.1 Å². The van der Waals surface area contributed by atoms with E-state index in [0.717, 1.165) is 5.56 Å². The van der Waals surface area contributed by atoms with E-state index in [4.69, 9.17) is 14.3 Å². The second-order valence-corrected chi connectivity index (χ2v) is 15.9. The van der Waals surface area contributed by atoms with E-state index in [1.807, 2.05) is 0 Å². The number of thiazole rings is 1. The molecule has 282 valence electrons. The summed E-state index contributed by atoms with van der Waals surface area (Å²) in [5, 5.41) is 27.8. The van der Waals surface area contributed by atoms with Crippen LogP contribution in [0.2, 0.25) is 0 Å². The molecule has 3 N–H and O–H groups in total. The number of allylic oxidation sites excluding steroid dienone is 1. The SMILES string of the molecule is COc1cc2c(cc1C)N(CCCS(=O)(=O)[O-])C(=CC(C)=c1o/c(=c3/s/c(=C4/SC(=O)N(CC(=O)O)C4=O)n(CC(=O)O)c3=O)n(CC(=O)O)c1=O)S2. The molecular weight excluding hydrogens is 785 g/mol. The number of carbonyl (C=O) groups is 5. The Hall–Kier alpha value is -5.10. The molecule has 23 heteroatoms. The van der Waals surface area contributed by atoms with Crippen LogP contribution in [0.25, 0.3) is 10.5 Å². The van der Waals surface area contributed by atoms with E-state index in [-0.39, 0.29) is 35.0 Å². The lowest BCUT2D eigenvalue weighted by molar-refractivity contribution is -0.140. The smallest absolute Gasteiger partial charge is 0.323 e. The number of hydrogen-bond acceptors (Lipinski definition) is 16. The number of carbonyl (C=O) groups excluding carboxylic acids is 2. The Balaban J connectivity index is 1.78. The number of fused-ring (bicyclic) bond motifs is 1. The molecule has 53 heavy (non-hydrogen) atoms. The third-order valence-corrected chi connectivity index (χ3v) is 11.8. The summed E-state index contributed by atoms with van der Waals surface area (Å²) < 4.78 is 45.7. The maximum Gasteiger partial charge on any atom is 0.323 e. The van der Waals surface area contributed by atoms with Gasteiger partial charge < -0.3 is 33.9 Å². The first-order valence-electron chi connectivity index (χ1n) is 15.0. The molecule has 19 nitrogen and oxygen atoms in total. The molecule has 0 bridgehead atoms. The Bertz CT molecular complexity index is 2600. The lowest BCUT2D eigenvalue weighted by Crippen LogP contribution is -2.35. The molecule has 5 rings (SSSR count). The number of imide groups is 1. The number of thioether (sulfide) groups is 2. The van der Waals surface area contributed by atoms with Gasteiger partial charge in [0.1, 0.15) is 35.0 Å². The number of hydrogen-bond donors (Lipinski definition) is 3. The molecule has 0 aliphatic carbocycles. The standard InChI is InChI=1S/C30H28N4O15S4/c1-13-7-15-17(9-16(13)48-3)50-18(31(15)5-4-6-53(45,46)47)8-14(2)22-25(41)32(10-19(35)36)28(49-22)23-26(42)33(11-20(37)38)29(51-23)24-27(43)34(12-21(39)40)30(44)52-24/h7-9H,4-6,10-12H2,1-3H3,(H,35,36)(H,37,38)(H,39,40)(H,45,46,47)/p-1/b18-8?,22-14?,28-23+,29-24+. The molecule has 0 atom stereocenters. The molecule has 2 aromatic heterocycles. The Morgan fingerprint density at radius 2 is 1.58 bits per heavy atom. The van der Waals surface area contributed by atoms with Crippen LogP contribution in [0.5, 0.6) is 5.75 Å². The van der Waals surface area contributed by atoms with E-state index in [1.165, 1.54) is 31.9 Å². The van der Waals surface area contributed by atoms with Gasteiger partial charge in [-0.25, -0.2) is 8.42 Å². The highest BCUT2D eigenvalue weighted by Crippen LogP contribution is 2.48. The van der Waals surface area contributed by atoms with Crippen LogP contribution in [0.4, 0.5) is 10.5 Å². The molecule has 0 radical (unpaired) electrons. The number of nitrogens with zero attached hydrogens (tertiary/aromatic N) is 4. The fourth-order valence-corrected chi connectivity index (χ4v) is 9.17. The largest absolute Gasteiger partial charge is 0.748 e. The summed E-state index contributed by atoms with van der Waals surface area (Å²) in [6.07, 6.45) is 1.45. The molecular formula is C30H27N4O15S4-. The highest BCUT2D eigenvalue weighted by molar-refractivity contribution is 8.23. The first kappa shape index (κ1) is 39.1. The minimum Gasteiger partial charge on any atom is -0.748 e. The molecule has 1 fully saturated rings. The highest BCUT2D eigenvalue weighted by Gasteiger charge is 2.38. The third-order valence-electron chi connectivity index (χ3n) is 7.61. The van der Waals surface area contributed by atoms with E-state index in [9.17, 15) is 56.7 Å². The molecule has 4 heterocycles. The van der Waals surface area contributed by atoms with Gasteiger partial charge >= 0.3 is 17.9 Å². The highest BCUT2D eigenvalue weighted by atomic mass is 32.2. The summed E-state index contributed by atoms with van der Waals surface area (Å²) in [6, 6.07) is 3.55. The number of carboxylic acids is 3. The number of rotatable bonds is 12. The summed E-state index contributed by atoms with van der Waals surface area (Å²) in [5.41, 5.74) is -1.62. The van der Waals surface area contributed by atoms with E-state index in [0.29, 0.717) is 46.7 Å². The quantitative estimate of drug-likeness (QED) is 0.201. The van der Waals surface area contributed by atoms with Gasteiger partial charge in [-0.1, -0.05) is 11.8 Å². The van der Waals surface area contributed by atoms with Crippen molar-refractivity contribution < 1.29 is 61.4 Å². The van der Waals surface area contributed by atoms with Crippen molar-refractivity contribution >= 4 is 90.2 Å². The van der Waals surface area contributed by atoms with Gasteiger partial charge in [0.05, 0.1) is 27.9 Å². The molecule has 0 saturated carbocycles. The number of amides is 2. The van der Waals surface area contributed by atoms with Crippen molar-refractivity contribution in [3.63, 3.8) is 0 Å². The fraction of sp³-hybridized carbons (Fsp3) is 0.300. The maximum atomic E-state index is 13.8. The summed E-state index contributed by atoms with van der Waals surface area (Å²) >= 11 is 1.92. The van der Waals surface area contributed by atoms with Crippen molar-refractivity contribution in [3.8, 4) is 5.75 Å². The zero-order valence-electron chi connectivity index (χ0n) is 27.6. The number of aryl methyl sites for hydroxylation is 1. The predicted molar refractivity (Wildman–Crippen MR) is 187 cm³/mol. The van der Waals surface area contributed by atoms with Crippen molar-refractivity contribution in [1.82, 2.24) is 14.0 Å². The van der Waals surface area contributed by atoms with Crippen LogP contribution in [-0.4, -0.2) is 97.3 Å². The van der Waals surface area contributed by atoms with E-state index in [1.54, 1.807) is 24.0 Å². The van der Waals surface area contributed by atoms with Gasteiger partial charge in [0.25, 0.3) is 22.3 Å². The Kier molecular flexibility index (Phi) is 11.1. The Morgan fingerprint density at radius 3 is 2.19 bits per heavy atom. The van der Waals surface area contributed by atoms with Crippen molar-refractivity contribution in [2.24, 2.45) is 0 Å². The van der Waals surface area contributed by atoms with Crippen LogP contribution < -0.4 is 30.8 Å². The Labute approximate surface area is 309 Å². The lowest BCUT2D eigenvalue weighted by Gasteiger charge is -2.21.